The summed E-state index contributed by atoms with van der Waals surface area (Å²) in [4.78, 5) is 32.1. The van der Waals surface area contributed by atoms with Gasteiger partial charge in [-0.3, -0.25) is 4.79 Å². The molecular formula is C25H27N5O5. The molecule has 4 rings (SSSR count). The molecule has 6 N–H and O–H groups in total. The molecule has 2 aromatic heterocycles. The van der Waals surface area contributed by atoms with Gasteiger partial charge in [0.15, 0.2) is 0 Å². The number of hydrogen-bond donors (Lipinski definition) is 5. The number of nitrogens with one attached hydrogen (secondary N) is 3. The number of imidazole rings is 1. The lowest BCUT2D eigenvalue weighted by Crippen LogP contribution is -2.42. The lowest BCUT2D eigenvalue weighted by atomic mass is 9.94. The van der Waals surface area contributed by atoms with E-state index in [4.69, 9.17) is 15.2 Å². The fraction of sp³-hybridized carbons (Fsp3) is 0.240. The number of benzene rings is 2. The molecular weight excluding hydrogens is 450 g/mol. The molecule has 10 nitrogen and oxygen atoms in total. The van der Waals surface area contributed by atoms with E-state index < -0.39 is 17.6 Å². The highest BCUT2D eigenvalue weighted by molar-refractivity contribution is 5.92. The SMILES string of the molecule is CC(C)(NCC(O)COc1cccc2[nH]c(=O)[nH]c12)c1ccc(Oc2ccc(C(N)=O)cn2)cc1. The molecule has 2 aromatic carbocycles. The van der Waals surface area contributed by atoms with E-state index in [-0.39, 0.29) is 12.3 Å². The van der Waals surface area contributed by atoms with Gasteiger partial charge in [0, 0.05) is 24.3 Å². The zero-order valence-corrected chi connectivity index (χ0v) is 19.4. The number of aliphatic hydroxyl groups excluding tert-OH is 1. The van der Waals surface area contributed by atoms with Crippen LogP contribution in [0.2, 0.25) is 0 Å². The number of ether oxygens (including phenoxy) is 2. The number of rotatable bonds is 10. The third-order valence-electron chi connectivity index (χ3n) is 5.54. The van der Waals surface area contributed by atoms with E-state index in [0.717, 1.165) is 5.56 Å². The van der Waals surface area contributed by atoms with Gasteiger partial charge in [-0.25, -0.2) is 9.78 Å². The summed E-state index contributed by atoms with van der Waals surface area (Å²) < 4.78 is 11.5. The van der Waals surface area contributed by atoms with E-state index in [1.54, 1.807) is 30.3 Å². The van der Waals surface area contributed by atoms with Crippen molar-refractivity contribution in [3.63, 3.8) is 0 Å². The molecule has 1 unspecified atom stereocenters. The molecule has 0 aliphatic heterocycles. The van der Waals surface area contributed by atoms with E-state index in [9.17, 15) is 14.7 Å². The van der Waals surface area contributed by atoms with Crippen LogP contribution in [0.25, 0.3) is 11.0 Å². The maximum absolute atomic E-state index is 11.5. The van der Waals surface area contributed by atoms with Gasteiger partial charge in [-0.1, -0.05) is 18.2 Å². The number of primary amides is 1. The molecule has 1 atom stereocenters. The number of carbonyl (C=O) groups is 1. The van der Waals surface area contributed by atoms with E-state index in [1.807, 2.05) is 38.1 Å². The van der Waals surface area contributed by atoms with Crippen molar-refractivity contribution in [3.8, 4) is 17.4 Å². The number of nitrogens with zero attached hydrogens (tertiary/aromatic N) is 1. The van der Waals surface area contributed by atoms with Crippen molar-refractivity contribution in [1.82, 2.24) is 20.3 Å². The molecule has 0 saturated carbocycles. The number of H-pyrrole nitrogens is 2. The van der Waals surface area contributed by atoms with Crippen molar-refractivity contribution >= 4 is 16.9 Å². The first-order valence-electron chi connectivity index (χ1n) is 11.0. The average molecular weight is 478 g/mol. The number of carbonyl (C=O) groups excluding carboxylic acids is 1. The largest absolute Gasteiger partial charge is 0.489 e. The highest BCUT2D eigenvalue weighted by Crippen LogP contribution is 2.26. The molecule has 0 aliphatic rings. The van der Waals surface area contributed by atoms with Crippen LogP contribution < -0.4 is 26.2 Å². The summed E-state index contributed by atoms with van der Waals surface area (Å²) in [6.07, 6.45) is 0.596. The Balaban J connectivity index is 1.30. The van der Waals surface area contributed by atoms with Gasteiger partial charge in [-0.05, 0) is 49.7 Å². The van der Waals surface area contributed by atoms with Gasteiger partial charge >= 0.3 is 5.69 Å². The molecule has 182 valence electrons. The standard InChI is InChI=1S/C25H27N5O5/c1-25(2,16-7-9-18(10-8-16)35-21-11-6-15(12-27-21)23(26)32)28-13-17(31)14-34-20-5-3-4-19-22(20)30-24(33)29-19/h3-12,17,28,31H,13-14H2,1-2H3,(H2,26,32)(H2,29,30,33). The smallest absolute Gasteiger partial charge is 0.323 e. The maximum Gasteiger partial charge on any atom is 0.323 e. The Morgan fingerprint density at radius 3 is 2.60 bits per heavy atom. The van der Waals surface area contributed by atoms with Crippen LogP contribution in [-0.4, -0.2) is 45.2 Å². The number of hydrogen-bond acceptors (Lipinski definition) is 7. The maximum atomic E-state index is 11.5. The van der Waals surface area contributed by atoms with Crippen LogP contribution in [0.5, 0.6) is 17.4 Å². The molecule has 0 aliphatic carbocycles. The predicted octanol–water partition coefficient (Wildman–Crippen LogP) is 2.41. The van der Waals surface area contributed by atoms with Gasteiger partial charge in [-0.2, -0.15) is 0 Å². The van der Waals surface area contributed by atoms with E-state index in [0.29, 0.717) is 40.5 Å². The summed E-state index contributed by atoms with van der Waals surface area (Å²) in [6, 6.07) is 15.9. The number of fused-ring (bicyclic) bond motifs is 1. The second-order valence-electron chi connectivity index (χ2n) is 8.60. The molecule has 0 bridgehead atoms. The van der Waals surface area contributed by atoms with Crippen molar-refractivity contribution in [2.75, 3.05) is 13.2 Å². The Bertz CT molecular complexity index is 1360. The van der Waals surface area contributed by atoms with Crippen molar-refractivity contribution in [2.45, 2.75) is 25.5 Å². The lowest BCUT2D eigenvalue weighted by Gasteiger charge is -2.28. The topological polar surface area (TPSA) is 155 Å². The number of nitrogens with two attached hydrogens (primary N) is 1. The summed E-state index contributed by atoms with van der Waals surface area (Å²) in [5, 5.41) is 13.8. The summed E-state index contributed by atoms with van der Waals surface area (Å²) in [5.74, 6) is 0.889. The van der Waals surface area contributed by atoms with Crippen LogP contribution >= 0.6 is 0 Å². The number of aliphatic hydroxyl groups is 1. The quantitative estimate of drug-likeness (QED) is 0.235. The monoisotopic (exact) mass is 477 g/mol. The van der Waals surface area contributed by atoms with E-state index >= 15 is 0 Å². The zero-order chi connectivity index (χ0) is 25.0. The number of aromatic nitrogens is 3. The first-order valence-corrected chi connectivity index (χ1v) is 11.0. The minimum Gasteiger partial charge on any atom is -0.489 e. The highest BCUT2D eigenvalue weighted by atomic mass is 16.5. The van der Waals surface area contributed by atoms with Crippen LogP contribution in [0.4, 0.5) is 0 Å². The molecule has 35 heavy (non-hydrogen) atoms. The van der Waals surface area contributed by atoms with E-state index in [1.165, 1.54) is 6.20 Å². The molecule has 0 saturated heterocycles. The minimum absolute atomic E-state index is 0.0593. The van der Waals surface area contributed by atoms with Crippen molar-refractivity contribution < 1.29 is 19.4 Å². The molecule has 1 amide bonds. The molecule has 0 fully saturated rings. The zero-order valence-electron chi connectivity index (χ0n) is 19.4. The van der Waals surface area contributed by atoms with Crippen LogP contribution in [0.3, 0.4) is 0 Å². The van der Waals surface area contributed by atoms with Crippen LogP contribution in [-0.2, 0) is 5.54 Å². The van der Waals surface area contributed by atoms with Gasteiger partial charge in [0.25, 0.3) is 0 Å². The Morgan fingerprint density at radius 2 is 1.91 bits per heavy atom. The third kappa shape index (κ3) is 5.86. The van der Waals surface area contributed by atoms with Crippen molar-refractivity contribution in [3.05, 3.63) is 82.4 Å². The predicted molar refractivity (Wildman–Crippen MR) is 131 cm³/mol. The summed E-state index contributed by atoms with van der Waals surface area (Å²) in [5.41, 5.74) is 6.99. The van der Waals surface area contributed by atoms with Gasteiger partial charge in [0.1, 0.15) is 29.7 Å². The fourth-order valence-electron chi connectivity index (χ4n) is 3.52. The van der Waals surface area contributed by atoms with Gasteiger partial charge in [0.05, 0.1) is 11.1 Å². The fourth-order valence-corrected chi connectivity index (χ4v) is 3.52. The summed E-state index contributed by atoms with van der Waals surface area (Å²) in [6.45, 7) is 4.36. The Morgan fingerprint density at radius 1 is 1.14 bits per heavy atom. The van der Waals surface area contributed by atoms with Crippen LogP contribution in [0, 0.1) is 0 Å². The number of amides is 1. The highest BCUT2D eigenvalue weighted by Gasteiger charge is 2.21. The number of aromatic amines is 2. The lowest BCUT2D eigenvalue weighted by molar-refractivity contribution is 0.0993. The van der Waals surface area contributed by atoms with Gasteiger partial charge in [-0.15, -0.1) is 0 Å². The van der Waals surface area contributed by atoms with Crippen LogP contribution in [0.1, 0.15) is 29.8 Å². The van der Waals surface area contributed by atoms with Crippen molar-refractivity contribution in [1.29, 1.82) is 0 Å². The second-order valence-corrected chi connectivity index (χ2v) is 8.60. The average Bonchev–Trinajstić information content (AvgIpc) is 3.23. The Kier molecular flexibility index (Phi) is 6.85. The van der Waals surface area contributed by atoms with Crippen molar-refractivity contribution in [2.24, 2.45) is 5.73 Å². The Hall–Kier alpha value is -4.15. The van der Waals surface area contributed by atoms with Crippen LogP contribution in [0.15, 0.2) is 65.6 Å². The second kappa shape index (κ2) is 10.00. The normalized spacial score (nSPS) is 12.4. The summed E-state index contributed by atoms with van der Waals surface area (Å²) in [7, 11) is 0. The third-order valence-corrected chi connectivity index (χ3v) is 5.54. The van der Waals surface area contributed by atoms with Gasteiger partial charge in [0.2, 0.25) is 11.8 Å². The summed E-state index contributed by atoms with van der Waals surface area (Å²) >= 11 is 0. The molecule has 2 heterocycles. The minimum atomic E-state index is -0.771. The first kappa shape index (κ1) is 24.0. The number of pyridine rings is 1. The molecule has 0 radical (unpaired) electrons. The molecule has 0 spiro atoms. The Labute approximate surface area is 201 Å². The first-order chi connectivity index (χ1) is 16.7. The molecule has 10 heteroatoms. The number of para-hydroxylation sites is 1. The molecule has 4 aromatic rings. The van der Waals surface area contributed by atoms with E-state index in [2.05, 4.69) is 20.3 Å². The van der Waals surface area contributed by atoms with Gasteiger partial charge < -0.3 is 35.6 Å².